The van der Waals surface area contributed by atoms with E-state index in [2.05, 4.69) is 17.9 Å². The molecule has 0 amide bonds. The van der Waals surface area contributed by atoms with Crippen molar-refractivity contribution in [3.63, 3.8) is 0 Å². The molecule has 0 saturated carbocycles. The average molecular weight is 358 g/mol. The molecule has 0 fully saturated rings. The number of rotatable bonds is 9. The van der Waals surface area contributed by atoms with Crippen LogP contribution in [0.3, 0.4) is 0 Å². The van der Waals surface area contributed by atoms with Crippen molar-refractivity contribution in [2.24, 2.45) is 5.92 Å². The molecule has 0 aliphatic carbocycles. The summed E-state index contributed by atoms with van der Waals surface area (Å²) < 4.78 is 43.5. The first-order valence-corrected chi connectivity index (χ1v) is 7.82. The average Bonchev–Trinajstić information content (AvgIpc) is 2.42. The number of hydrogen-bond acceptors (Lipinski definition) is 8. The Morgan fingerprint density at radius 1 is 1.00 bits per heavy atom. The molecule has 132 valence electrons. The van der Waals surface area contributed by atoms with E-state index in [-0.39, 0.29) is 31.4 Å². The molecule has 0 bridgehead atoms. The van der Waals surface area contributed by atoms with E-state index in [0.717, 1.165) is 0 Å². The van der Waals surface area contributed by atoms with Gasteiger partial charge in [0.2, 0.25) is 5.94 Å². The summed E-state index contributed by atoms with van der Waals surface area (Å²) in [7, 11) is -4.53. The predicted octanol–water partition coefficient (Wildman–Crippen LogP) is -2.65. The monoisotopic (exact) mass is 358 g/mol. The smallest absolute Gasteiger partial charge is 1.00 e. The third kappa shape index (κ3) is 11.0. The first kappa shape index (κ1) is 24.6. The van der Waals surface area contributed by atoms with E-state index in [9.17, 15) is 22.8 Å². The van der Waals surface area contributed by atoms with Crippen LogP contribution in [0.1, 0.15) is 15.3 Å². The van der Waals surface area contributed by atoms with Gasteiger partial charge in [0, 0.05) is 11.1 Å². The molecule has 0 atom stereocenters. The van der Waals surface area contributed by atoms with Gasteiger partial charge < -0.3 is 15.6 Å². The number of hydrogen-bond donors (Lipinski definition) is 1. The Morgan fingerprint density at radius 3 is 1.67 bits per heavy atom. The van der Waals surface area contributed by atoms with Crippen LogP contribution in [0.15, 0.2) is 24.3 Å². The molecule has 11 heteroatoms. The number of carbonyl (C=O) groups is 3. The molecule has 0 aromatic heterocycles. The van der Waals surface area contributed by atoms with Crippen molar-refractivity contribution in [3.8, 4) is 0 Å². The Balaban J connectivity index is -0.00000242. The van der Waals surface area contributed by atoms with Gasteiger partial charge in [-0.05, 0) is 13.8 Å². The van der Waals surface area contributed by atoms with E-state index in [0.29, 0.717) is 0 Å². The van der Waals surface area contributed by atoms with Gasteiger partial charge in [0.05, 0.1) is 0 Å². The van der Waals surface area contributed by atoms with Gasteiger partial charge >= 0.3 is 46.9 Å². The van der Waals surface area contributed by atoms with Crippen LogP contribution in [0.2, 0.25) is 0 Å². The fourth-order valence-electron chi connectivity index (χ4n) is 1.03. The van der Waals surface area contributed by atoms with Gasteiger partial charge in [-0.25, -0.2) is 9.59 Å². The molecule has 24 heavy (non-hydrogen) atoms. The summed E-state index contributed by atoms with van der Waals surface area (Å²) in [6, 6.07) is 0. The summed E-state index contributed by atoms with van der Waals surface area (Å²) >= 11 is 0. The zero-order chi connectivity index (χ0) is 18.2. The molecule has 0 spiro atoms. The summed E-state index contributed by atoms with van der Waals surface area (Å²) in [5, 5.41) is 0. The molecule has 1 N–H and O–H groups in total. The van der Waals surface area contributed by atoms with Gasteiger partial charge in [-0.2, -0.15) is 8.42 Å². The Morgan fingerprint density at radius 2 is 1.38 bits per heavy atom. The van der Waals surface area contributed by atoms with Gasteiger partial charge in [-0.1, -0.05) is 13.2 Å². The normalized spacial score (nSPS) is 10.3. The zero-order valence-electron chi connectivity index (χ0n) is 14.7. The van der Waals surface area contributed by atoms with Crippen molar-refractivity contribution in [1.82, 2.24) is 0 Å². The molecule has 9 nitrogen and oxygen atoms in total. The minimum absolute atomic E-state index is 0. The van der Waals surface area contributed by atoms with Crippen LogP contribution in [0.25, 0.3) is 0 Å². The van der Waals surface area contributed by atoms with Crippen LogP contribution in [0.5, 0.6) is 0 Å². The summed E-state index contributed by atoms with van der Waals surface area (Å²) in [5.74, 6) is -5.26. The van der Waals surface area contributed by atoms with Gasteiger partial charge in [0.1, 0.15) is 19.1 Å². The summed E-state index contributed by atoms with van der Waals surface area (Å²) in [4.78, 5) is 34.3. The molecule has 0 aliphatic heterocycles. The zero-order valence-corrected chi connectivity index (χ0v) is 14.6. The Bertz CT molecular complexity index is 585. The molecular weight excluding hydrogens is 339 g/mol. The minimum atomic E-state index is -4.53. The van der Waals surface area contributed by atoms with Crippen molar-refractivity contribution in [2.45, 2.75) is 13.8 Å². The van der Waals surface area contributed by atoms with Gasteiger partial charge in [0.25, 0.3) is 0 Å². The third-order valence-electron chi connectivity index (χ3n) is 2.21. The Labute approximate surface area is 153 Å². The van der Waals surface area contributed by atoms with Crippen LogP contribution >= 0.6 is 0 Å². The van der Waals surface area contributed by atoms with Crippen LogP contribution < -0.4 is 18.9 Å². The van der Waals surface area contributed by atoms with Crippen molar-refractivity contribution in [3.05, 3.63) is 24.3 Å². The summed E-state index contributed by atoms with van der Waals surface area (Å²) in [5.41, 5.74) is 0.156. The number of esters is 3. The maximum absolute atomic E-state index is 11.7. The van der Waals surface area contributed by atoms with Gasteiger partial charge in [-0.15, -0.1) is 0 Å². The summed E-state index contributed by atoms with van der Waals surface area (Å²) in [6.45, 7) is 8.40. The van der Waals surface area contributed by atoms with Crippen molar-refractivity contribution in [2.75, 3.05) is 19.2 Å². The van der Waals surface area contributed by atoms with E-state index in [1.54, 1.807) is 0 Å². The largest absolute Gasteiger partial charge is 1.00 e. The second-order valence-electron chi connectivity index (χ2n) is 4.62. The molecule has 0 saturated heterocycles. The molecule has 0 aromatic carbocycles. The Hall–Kier alpha value is -1.60. The molecular formula is C13H19LiO9S. The van der Waals surface area contributed by atoms with Gasteiger partial charge in [-0.3, -0.25) is 9.35 Å². The molecule has 0 aromatic rings. The van der Waals surface area contributed by atoms with Crippen LogP contribution in [0.4, 0.5) is 0 Å². The predicted molar refractivity (Wildman–Crippen MR) is 78.7 cm³/mol. The third-order valence-corrected chi connectivity index (χ3v) is 2.63. The van der Waals surface area contributed by atoms with Crippen LogP contribution in [-0.2, 0) is 38.7 Å². The minimum Gasteiger partial charge on any atom is -1.00 e. The fraction of sp³-hybridized carbons (Fsp3) is 0.462. The fourth-order valence-corrected chi connectivity index (χ4v) is 1.30. The SMILES string of the molecule is C=C(C)C(=O)OCC(COC(=O)C(=C)C)C(=O)OCS(=O)(=O)O.[H-].[Li+]. The maximum atomic E-state index is 11.7. The number of carbonyl (C=O) groups excluding carboxylic acids is 3. The second-order valence-corrected chi connectivity index (χ2v) is 6.02. The maximum Gasteiger partial charge on any atom is 1.00 e. The van der Waals surface area contributed by atoms with Crippen LogP contribution in [0, 0.1) is 5.92 Å². The van der Waals surface area contributed by atoms with E-state index in [4.69, 9.17) is 14.0 Å². The van der Waals surface area contributed by atoms with Crippen molar-refractivity contribution in [1.29, 1.82) is 0 Å². The second kappa shape index (κ2) is 11.0. The van der Waals surface area contributed by atoms with Gasteiger partial charge in [0.15, 0.2) is 0 Å². The quantitative estimate of drug-likeness (QED) is 0.154. The van der Waals surface area contributed by atoms with Crippen molar-refractivity contribution < 1.29 is 61.9 Å². The van der Waals surface area contributed by atoms with E-state index >= 15 is 0 Å². The molecule has 0 radical (unpaired) electrons. The summed E-state index contributed by atoms with van der Waals surface area (Å²) in [6.07, 6.45) is 0. The van der Waals surface area contributed by atoms with E-state index < -0.39 is 53.1 Å². The van der Waals surface area contributed by atoms with Crippen LogP contribution in [-0.4, -0.2) is 50.0 Å². The Kier molecular flexibility index (Phi) is 11.3. The molecule has 0 aliphatic rings. The topological polar surface area (TPSA) is 133 Å². The molecule has 0 rings (SSSR count). The number of ether oxygens (including phenoxy) is 3. The van der Waals surface area contributed by atoms with Crippen molar-refractivity contribution >= 4 is 28.0 Å². The standard InChI is InChI=1S/C13H18O9S.Li.H/c1-8(2)11(14)20-5-10(6-21-12(15)9(3)4)13(16)22-7-23(17,18)19;;/h10H,1,3,5-7H2,2,4H3,(H,17,18,19);;/q;+1;-1. The van der Waals surface area contributed by atoms with E-state index in [1.165, 1.54) is 13.8 Å². The first-order chi connectivity index (χ1) is 10.4. The molecule has 0 unspecified atom stereocenters. The van der Waals surface area contributed by atoms with E-state index in [1.807, 2.05) is 0 Å². The molecule has 0 heterocycles. The first-order valence-electron chi connectivity index (χ1n) is 6.21.